The highest BCUT2D eigenvalue weighted by atomic mass is 16.6. The van der Waals surface area contributed by atoms with Crippen LogP contribution in [0.2, 0.25) is 0 Å². The fraction of sp³-hybridized carbons (Fsp3) is 0.0968. The Labute approximate surface area is 261 Å². The Morgan fingerprint density at radius 2 is 1.22 bits per heavy atom. The number of rotatable bonds is 3. The third-order valence-electron chi connectivity index (χ3n) is 6.06. The van der Waals surface area contributed by atoms with Crippen molar-refractivity contribution < 1.29 is 43.6 Å². The number of nitrogens with zero attached hydrogens (tertiary/aromatic N) is 5. The van der Waals surface area contributed by atoms with Gasteiger partial charge in [-0.2, -0.15) is 0 Å². The number of anilines is 2. The maximum atomic E-state index is 12.4. The molecule has 0 spiro atoms. The average molecular weight is 625 g/mol. The number of pyridine rings is 2. The molecule has 0 unspecified atom stereocenters. The highest BCUT2D eigenvalue weighted by Crippen LogP contribution is 2.36. The molecule has 0 aliphatic carbocycles. The lowest BCUT2D eigenvalue weighted by Crippen LogP contribution is -2.29. The van der Waals surface area contributed by atoms with Gasteiger partial charge in [0.15, 0.2) is 0 Å². The van der Waals surface area contributed by atoms with Crippen LogP contribution in [-0.2, 0) is 4.74 Å². The van der Waals surface area contributed by atoms with Crippen LogP contribution >= 0.6 is 0 Å². The van der Waals surface area contributed by atoms with Gasteiger partial charge in [0.25, 0.3) is 23.5 Å². The zero-order chi connectivity index (χ0) is 32.8. The predicted molar refractivity (Wildman–Crippen MR) is 162 cm³/mol. The van der Waals surface area contributed by atoms with Gasteiger partial charge in [0.05, 0.1) is 36.5 Å². The monoisotopic (exact) mass is 624 g/mol. The van der Waals surface area contributed by atoms with Crippen molar-refractivity contribution in [3.05, 3.63) is 106 Å². The molecule has 0 bridgehead atoms. The van der Waals surface area contributed by atoms with E-state index in [4.69, 9.17) is 33.5 Å². The Bertz CT molecular complexity index is 1960. The standard InChI is InChI=1S/C15H9N3O4.C8H4O4.C7H7N3O.CH4/c1-16-12-6-5-11(13(17-12)22-2)18-14(20)9-4-3-8(19)7-10(9)15(18)21;9-4-1-2-5-6(3-4)8(11)12-7(5)10;1-9-6-4-3-5(8)7(10-6)11-2;/h3-7,19H,2H3;1-3,9H;3-4H,8H2,2H3;1H4. The third kappa shape index (κ3) is 6.64. The number of phenolic OH excluding ortho intramolecular Hbond substituents is 2. The first-order valence-electron chi connectivity index (χ1n) is 12.4. The summed E-state index contributed by atoms with van der Waals surface area (Å²) in [4.78, 5) is 61.5. The van der Waals surface area contributed by atoms with Gasteiger partial charge in [-0.25, -0.2) is 14.5 Å². The Balaban J connectivity index is 0.000000204. The number of cyclic esters (lactones) is 2. The number of aromatic nitrogens is 2. The van der Waals surface area contributed by atoms with E-state index in [1.165, 1.54) is 62.8 Å². The molecule has 46 heavy (non-hydrogen) atoms. The molecule has 15 heteroatoms. The number of phenols is 2. The molecule has 2 aliphatic rings. The van der Waals surface area contributed by atoms with E-state index in [1.54, 1.807) is 12.1 Å². The normalized spacial score (nSPS) is 12.0. The van der Waals surface area contributed by atoms with E-state index in [0.29, 0.717) is 11.6 Å². The summed E-state index contributed by atoms with van der Waals surface area (Å²) in [5.74, 6) is -1.93. The number of fused-ring (bicyclic) bond motifs is 2. The van der Waals surface area contributed by atoms with Crippen LogP contribution in [0, 0.1) is 13.1 Å². The van der Waals surface area contributed by atoms with Crippen molar-refractivity contribution in [1.82, 2.24) is 9.97 Å². The zero-order valence-electron chi connectivity index (χ0n) is 23.3. The fourth-order valence-electron chi connectivity index (χ4n) is 3.99. The maximum absolute atomic E-state index is 12.4. The number of carbonyl (C=O) groups is 4. The number of imide groups is 1. The van der Waals surface area contributed by atoms with Gasteiger partial charge in [-0.15, -0.1) is 0 Å². The number of aromatic hydroxyl groups is 2. The molecule has 2 aliphatic heterocycles. The molecule has 0 saturated heterocycles. The van der Waals surface area contributed by atoms with Crippen molar-refractivity contribution in [2.45, 2.75) is 7.43 Å². The van der Waals surface area contributed by atoms with Gasteiger partial charge in [-0.05, 0) is 60.7 Å². The molecule has 4 aromatic rings. The molecular formula is C31H24N6O9. The first-order chi connectivity index (χ1) is 21.5. The minimum absolute atomic E-state index is 0. The van der Waals surface area contributed by atoms with Crippen LogP contribution in [0.5, 0.6) is 23.3 Å². The van der Waals surface area contributed by atoms with Crippen molar-refractivity contribution >= 4 is 46.8 Å². The van der Waals surface area contributed by atoms with E-state index in [-0.39, 0.29) is 64.4 Å². The van der Waals surface area contributed by atoms with E-state index in [2.05, 4.69) is 24.4 Å². The van der Waals surface area contributed by atoms with Gasteiger partial charge >= 0.3 is 23.7 Å². The zero-order valence-corrected chi connectivity index (χ0v) is 23.3. The molecular weight excluding hydrogens is 600 g/mol. The summed E-state index contributed by atoms with van der Waals surface area (Å²) < 4.78 is 14.2. The number of hydrogen-bond donors (Lipinski definition) is 3. The van der Waals surface area contributed by atoms with Gasteiger partial charge in [0.1, 0.15) is 22.9 Å². The fourth-order valence-corrected chi connectivity index (χ4v) is 3.99. The Morgan fingerprint density at radius 3 is 1.80 bits per heavy atom. The highest BCUT2D eigenvalue weighted by Gasteiger charge is 2.39. The molecule has 0 radical (unpaired) electrons. The number of nitrogens with two attached hydrogens (primary N) is 1. The van der Waals surface area contributed by atoms with Gasteiger partial charge < -0.3 is 39.8 Å². The Hall–Kier alpha value is -7.00. The van der Waals surface area contributed by atoms with Crippen LogP contribution in [-0.4, -0.2) is 58.2 Å². The Kier molecular flexibility index (Phi) is 10.2. The molecule has 0 atom stereocenters. The summed E-state index contributed by atoms with van der Waals surface area (Å²) in [7, 11) is 2.80. The quantitative estimate of drug-likeness (QED) is 0.123. The number of carbonyl (C=O) groups excluding carboxylic acids is 4. The molecule has 2 aromatic heterocycles. The lowest BCUT2D eigenvalue weighted by atomic mass is 10.1. The predicted octanol–water partition coefficient (Wildman–Crippen LogP) is 4.71. The van der Waals surface area contributed by atoms with E-state index < -0.39 is 23.8 Å². The molecule has 232 valence electrons. The number of methoxy groups -OCH3 is 2. The SMILES string of the molecule is C.O=C1OC(=O)c2cc(O)ccc21.[C-]#[N+]c1ccc(N)c(OC)n1.[C-]#[N+]c1ccc(N2C(=O)c3ccc(O)cc3C2=O)c(OC)n1. The molecule has 4 N–H and O–H groups in total. The number of benzene rings is 2. The summed E-state index contributed by atoms with van der Waals surface area (Å²) in [6.07, 6.45) is 0. The van der Waals surface area contributed by atoms with Gasteiger partial charge in [-0.3, -0.25) is 9.59 Å². The van der Waals surface area contributed by atoms with E-state index in [9.17, 15) is 24.3 Å². The van der Waals surface area contributed by atoms with Gasteiger partial charge in [0.2, 0.25) is 0 Å². The summed E-state index contributed by atoms with van der Waals surface area (Å²) in [6, 6.07) is 13.8. The van der Waals surface area contributed by atoms with Gasteiger partial charge in [0, 0.05) is 0 Å². The summed E-state index contributed by atoms with van der Waals surface area (Å²) >= 11 is 0. The topological polar surface area (TPSA) is 200 Å². The molecule has 4 heterocycles. The minimum Gasteiger partial charge on any atom is -0.508 e. The molecule has 0 saturated carbocycles. The van der Waals surface area contributed by atoms with Crippen LogP contribution in [0.15, 0.2) is 60.7 Å². The number of amides is 2. The molecule has 2 amide bonds. The average Bonchev–Trinajstić information content (AvgIpc) is 3.46. The van der Waals surface area contributed by atoms with Crippen LogP contribution in [0.3, 0.4) is 0 Å². The largest absolute Gasteiger partial charge is 0.508 e. The lowest BCUT2D eigenvalue weighted by molar-refractivity contribution is 0.0443. The maximum Gasteiger partial charge on any atom is 0.347 e. The number of nitrogen functional groups attached to an aromatic ring is 1. The summed E-state index contributed by atoms with van der Waals surface area (Å²) in [6.45, 7) is 13.6. The summed E-state index contributed by atoms with van der Waals surface area (Å²) in [5, 5.41) is 18.5. The molecule has 15 nitrogen and oxygen atoms in total. The Morgan fingerprint density at radius 1 is 0.717 bits per heavy atom. The van der Waals surface area contributed by atoms with Crippen LogP contribution in [0.4, 0.5) is 23.0 Å². The second-order valence-electron chi connectivity index (χ2n) is 8.77. The van der Waals surface area contributed by atoms with Crippen LogP contribution in [0.1, 0.15) is 48.9 Å². The second-order valence-corrected chi connectivity index (χ2v) is 8.77. The van der Waals surface area contributed by atoms with Crippen molar-refractivity contribution in [2.24, 2.45) is 0 Å². The number of esters is 2. The molecule has 0 fully saturated rings. The lowest BCUT2D eigenvalue weighted by Gasteiger charge is -2.14. The summed E-state index contributed by atoms with van der Waals surface area (Å²) in [5.41, 5.74) is 6.70. The van der Waals surface area contributed by atoms with Crippen LogP contribution in [0.25, 0.3) is 9.69 Å². The number of ether oxygens (including phenoxy) is 3. The first kappa shape index (κ1) is 33.5. The third-order valence-corrected chi connectivity index (χ3v) is 6.06. The minimum atomic E-state index is -0.703. The van der Waals surface area contributed by atoms with E-state index in [1.807, 2.05) is 0 Å². The first-order valence-corrected chi connectivity index (χ1v) is 12.4. The van der Waals surface area contributed by atoms with Gasteiger partial charge in [-0.1, -0.05) is 30.5 Å². The van der Waals surface area contributed by atoms with Crippen LogP contribution < -0.4 is 20.1 Å². The smallest absolute Gasteiger partial charge is 0.347 e. The highest BCUT2D eigenvalue weighted by molar-refractivity contribution is 6.34. The molecule has 2 aromatic carbocycles. The molecule has 6 rings (SSSR count). The second kappa shape index (κ2) is 14.0. The van der Waals surface area contributed by atoms with E-state index >= 15 is 0 Å². The van der Waals surface area contributed by atoms with Crippen molar-refractivity contribution in [3.63, 3.8) is 0 Å². The van der Waals surface area contributed by atoms with Crippen molar-refractivity contribution in [1.29, 1.82) is 0 Å². The number of hydrogen-bond acceptors (Lipinski definition) is 12. The van der Waals surface area contributed by atoms with E-state index in [0.717, 1.165) is 4.90 Å². The van der Waals surface area contributed by atoms with Crippen molar-refractivity contribution in [3.8, 4) is 23.3 Å². The van der Waals surface area contributed by atoms with Crippen molar-refractivity contribution in [2.75, 3.05) is 24.9 Å².